The van der Waals surface area contributed by atoms with E-state index < -0.39 is 0 Å². The van der Waals surface area contributed by atoms with Gasteiger partial charge >= 0.3 is 0 Å². The van der Waals surface area contributed by atoms with E-state index in [1.807, 2.05) is 24.3 Å². The van der Waals surface area contributed by atoms with Gasteiger partial charge in [0.15, 0.2) is 0 Å². The summed E-state index contributed by atoms with van der Waals surface area (Å²) in [6.45, 7) is 8.75. The van der Waals surface area contributed by atoms with Crippen LogP contribution in [0.1, 0.15) is 101 Å². The van der Waals surface area contributed by atoms with Crippen molar-refractivity contribution in [3.63, 3.8) is 0 Å². The van der Waals surface area contributed by atoms with Gasteiger partial charge in [0.25, 0.3) is 0 Å². The molecule has 0 radical (unpaired) electrons. The van der Waals surface area contributed by atoms with Crippen LogP contribution in [0, 0.1) is 0 Å². The van der Waals surface area contributed by atoms with Crippen LogP contribution >= 0.6 is 0 Å². The molecule has 0 amide bonds. The molecule has 2 N–H and O–H groups in total. The highest BCUT2D eigenvalue weighted by Crippen LogP contribution is 2.40. The highest BCUT2D eigenvalue weighted by molar-refractivity contribution is 5.54. The molecule has 0 atom stereocenters. The maximum atomic E-state index is 10.4. The van der Waals surface area contributed by atoms with E-state index in [-0.39, 0.29) is 0 Å². The third-order valence-corrected chi connectivity index (χ3v) is 5.86. The van der Waals surface area contributed by atoms with Gasteiger partial charge in [-0.3, -0.25) is 0 Å². The predicted molar refractivity (Wildman–Crippen MR) is 131 cm³/mol. The van der Waals surface area contributed by atoms with Gasteiger partial charge < -0.3 is 14.9 Å². The van der Waals surface area contributed by atoms with Gasteiger partial charge in [0.1, 0.15) is 23.0 Å². The zero-order valence-electron chi connectivity index (χ0n) is 20.1. The Hall–Kier alpha value is -2.16. The van der Waals surface area contributed by atoms with E-state index in [4.69, 9.17) is 4.74 Å². The lowest BCUT2D eigenvalue weighted by Crippen LogP contribution is -2.03. The Balaban J connectivity index is 2.57. The van der Waals surface area contributed by atoms with E-state index >= 15 is 0 Å². The Morgan fingerprint density at radius 2 is 0.774 bits per heavy atom. The van der Waals surface area contributed by atoms with Gasteiger partial charge in [-0.2, -0.15) is 0 Å². The monoisotopic (exact) mass is 426 g/mol. The first-order chi connectivity index (χ1) is 15.0. The number of phenols is 2. The standard InChI is InChI=1S/C28H42O3/c1-5-9-13-21-17-25(29)18-22(14-10-6-2)27(21)31-28-23(15-11-7-3)19-26(30)20-24(28)16-12-8-4/h17-20,29-30H,5-16H2,1-4H3. The molecule has 0 bridgehead atoms. The molecule has 0 heterocycles. The normalized spacial score (nSPS) is 11.1. The van der Waals surface area contributed by atoms with Crippen LogP contribution < -0.4 is 4.74 Å². The molecule has 0 saturated carbocycles. The molecule has 2 rings (SSSR count). The average molecular weight is 427 g/mol. The van der Waals surface area contributed by atoms with E-state index in [0.29, 0.717) is 11.5 Å². The highest BCUT2D eigenvalue weighted by Gasteiger charge is 2.18. The van der Waals surface area contributed by atoms with Crippen LogP contribution in [0.5, 0.6) is 23.0 Å². The van der Waals surface area contributed by atoms with Gasteiger partial charge in [-0.15, -0.1) is 0 Å². The number of phenolic OH excluding ortho intramolecular Hbond substituents is 2. The SMILES string of the molecule is CCCCc1cc(O)cc(CCCC)c1Oc1c(CCCC)cc(O)cc1CCCC. The predicted octanol–water partition coefficient (Wildman–Crippen LogP) is 8.26. The third-order valence-electron chi connectivity index (χ3n) is 5.86. The second-order valence-electron chi connectivity index (χ2n) is 8.70. The van der Waals surface area contributed by atoms with Gasteiger partial charge in [0, 0.05) is 0 Å². The molecule has 3 nitrogen and oxygen atoms in total. The van der Waals surface area contributed by atoms with Crippen LogP contribution in [-0.4, -0.2) is 10.2 Å². The lowest BCUT2D eigenvalue weighted by atomic mass is 9.97. The first-order valence-electron chi connectivity index (χ1n) is 12.4. The minimum atomic E-state index is 0.327. The quantitative estimate of drug-likeness (QED) is 0.319. The molecule has 2 aromatic carbocycles. The number of rotatable bonds is 14. The molecule has 2 aromatic rings. The van der Waals surface area contributed by atoms with Crippen molar-refractivity contribution in [3.8, 4) is 23.0 Å². The molecule has 31 heavy (non-hydrogen) atoms. The van der Waals surface area contributed by atoms with Gasteiger partial charge in [0.2, 0.25) is 0 Å². The summed E-state index contributed by atoms with van der Waals surface area (Å²) in [6, 6.07) is 7.49. The molecule has 172 valence electrons. The minimum absolute atomic E-state index is 0.327. The molecule has 0 aromatic heterocycles. The number of unbranched alkanes of at least 4 members (excludes halogenated alkanes) is 4. The Morgan fingerprint density at radius 1 is 0.516 bits per heavy atom. The van der Waals surface area contributed by atoms with Crippen LogP contribution in [0.2, 0.25) is 0 Å². The summed E-state index contributed by atoms with van der Waals surface area (Å²) in [6.07, 6.45) is 12.2. The Kier molecular flexibility index (Phi) is 10.8. The van der Waals surface area contributed by atoms with Crippen molar-refractivity contribution in [2.75, 3.05) is 0 Å². The molecule has 0 aliphatic rings. The smallest absolute Gasteiger partial charge is 0.134 e. The number of ether oxygens (including phenoxy) is 1. The van der Waals surface area contributed by atoms with Gasteiger partial charge in [-0.25, -0.2) is 0 Å². The second kappa shape index (κ2) is 13.3. The largest absolute Gasteiger partial charge is 0.508 e. The Bertz CT molecular complexity index is 684. The molecule has 0 aliphatic heterocycles. The van der Waals surface area contributed by atoms with Crippen LogP contribution in [0.3, 0.4) is 0 Å². The number of aryl methyl sites for hydroxylation is 4. The van der Waals surface area contributed by atoms with E-state index in [2.05, 4.69) is 27.7 Å². The van der Waals surface area contributed by atoms with Crippen molar-refractivity contribution in [2.45, 2.75) is 105 Å². The van der Waals surface area contributed by atoms with Crippen molar-refractivity contribution >= 4 is 0 Å². The first-order valence-corrected chi connectivity index (χ1v) is 12.4. The summed E-state index contributed by atoms with van der Waals surface area (Å²) in [5, 5.41) is 20.7. The van der Waals surface area contributed by atoms with Crippen molar-refractivity contribution in [2.24, 2.45) is 0 Å². The molecule has 0 saturated heterocycles. The highest BCUT2D eigenvalue weighted by atomic mass is 16.5. The topological polar surface area (TPSA) is 49.7 Å². The van der Waals surface area contributed by atoms with Crippen molar-refractivity contribution in [1.82, 2.24) is 0 Å². The molecule has 0 spiro atoms. The van der Waals surface area contributed by atoms with Crippen LogP contribution in [-0.2, 0) is 25.7 Å². The molecule has 3 heteroatoms. The number of hydrogen-bond donors (Lipinski definition) is 2. The maximum absolute atomic E-state index is 10.4. The second-order valence-corrected chi connectivity index (χ2v) is 8.70. The lowest BCUT2D eigenvalue weighted by Gasteiger charge is -2.21. The van der Waals surface area contributed by atoms with Gasteiger partial charge in [-0.1, -0.05) is 53.4 Å². The fraction of sp³-hybridized carbons (Fsp3) is 0.571. The molecular formula is C28H42O3. The van der Waals surface area contributed by atoms with Crippen molar-refractivity contribution in [1.29, 1.82) is 0 Å². The lowest BCUT2D eigenvalue weighted by molar-refractivity contribution is 0.437. The maximum Gasteiger partial charge on any atom is 0.134 e. The van der Waals surface area contributed by atoms with Crippen molar-refractivity contribution < 1.29 is 14.9 Å². The van der Waals surface area contributed by atoms with E-state index in [1.165, 1.54) is 0 Å². The Morgan fingerprint density at radius 3 is 1.00 bits per heavy atom. The fourth-order valence-electron chi connectivity index (χ4n) is 4.05. The zero-order chi connectivity index (χ0) is 22.6. The summed E-state index contributed by atoms with van der Waals surface area (Å²) in [4.78, 5) is 0. The van der Waals surface area contributed by atoms with Crippen LogP contribution in [0.15, 0.2) is 24.3 Å². The van der Waals surface area contributed by atoms with Crippen molar-refractivity contribution in [3.05, 3.63) is 46.5 Å². The molecule has 0 fully saturated rings. The van der Waals surface area contributed by atoms with E-state index in [0.717, 1.165) is 111 Å². The molecule has 0 aliphatic carbocycles. The van der Waals surface area contributed by atoms with E-state index in [1.54, 1.807) is 0 Å². The summed E-state index contributed by atoms with van der Waals surface area (Å²) >= 11 is 0. The molecule has 0 unspecified atom stereocenters. The van der Waals surface area contributed by atoms with Gasteiger partial charge in [-0.05, 0) is 97.9 Å². The summed E-state index contributed by atoms with van der Waals surface area (Å²) in [7, 11) is 0. The fourth-order valence-corrected chi connectivity index (χ4v) is 4.05. The Labute approximate surface area is 189 Å². The number of hydrogen-bond acceptors (Lipinski definition) is 3. The molecular weight excluding hydrogens is 384 g/mol. The number of benzene rings is 2. The average Bonchev–Trinajstić information content (AvgIpc) is 2.75. The van der Waals surface area contributed by atoms with Crippen LogP contribution in [0.4, 0.5) is 0 Å². The summed E-state index contributed by atoms with van der Waals surface area (Å²) in [5.41, 5.74) is 4.35. The minimum Gasteiger partial charge on any atom is -0.508 e. The van der Waals surface area contributed by atoms with E-state index in [9.17, 15) is 10.2 Å². The van der Waals surface area contributed by atoms with Gasteiger partial charge in [0.05, 0.1) is 0 Å². The zero-order valence-corrected chi connectivity index (χ0v) is 20.1. The van der Waals surface area contributed by atoms with Crippen LogP contribution in [0.25, 0.3) is 0 Å². The summed E-state index contributed by atoms with van der Waals surface area (Å²) < 4.78 is 6.78. The first kappa shape index (κ1) is 25.1. The summed E-state index contributed by atoms with van der Waals surface area (Å²) in [5.74, 6) is 2.49. The number of aromatic hydroxyl groups is 2. The third kappa shape index (κ3) is 7.48.